The number of nitrogens with one attached hydrogen (secondary N) is 2. The second kappa shape index (κ2) is 8.96. The number of aliphatic imine (C=N–C) groups is 1. The monoisotopic (exact) mass is 358 g/mol. The highest BCUT2D eigenvalue weighted by molar-refractivity contribution is 6.30. The molecule has 3 N–H and O–H groups in total. The molecule has 0 saturated heterocycles. The molecular formula is C18H19ClN4O2. The number of H-pyrrole nitrogens is 1. The Kier molecular flexibility index (Phi) is 6.68. The van der Waals surface area contributed by atoms with Crippen molar-refractivity contribution in [2.24, 2.45) is 4.99 Å². The summed E-state index contributed by atoms with van der Waals surface area (Å²) in [5.41, 5.74) is 2.49. The number of aliphatic hydroxyl groups excluding tert-OH is 1. The van der Waals surface area contributed by atoms with Crippen molar-refractivity contribution < 1.29 is 9.90 Å². The number of rotatable bonds is 7. The number of aliphatic hydroxyl groups is 1. The molecule has 0 aliphatic heterocycles. The first kappa shape index (κ1) is 18.6. The van der Waals surface area contributed by atoms with E-state index in [1.807, 2.05) is 13.0 Å². The van der Waals surface area contributed by atoms with E-state index in [1.54, 1.807) is 42.6 Å². The Morgan fingerprint density at radius 1 is 1.48 bits per heavy atom. The zero-order chi connectivity index (χ0) is 18.2. The quantitative estimate of drug-likeness (QED) is 0.524. The van der Waals surface area contributed by atoms with Gasteiger partial charge < -0.3 is 10.4 Å². The molecule has 2 aromatic rings. The minimum atomic E-state index is -0.545. The summed E-state index contributed by atoms with van der Waals surface area (Å²) in [6, 6.07) is 8.01. The molecule has 0 aliphatic rings. The predicted molar refractivity (Wildman–Crippen MR) is 99.7 cm³/mol. The standard InChI is InChI=1S/C18H19ClN4O2/c1-3-12(8-9-20-2)15-10-16(23-22-15)18(25)21-17(11-24)13-4-6-14(19)7-5-13/h3-10,17,24H,2,11H2,1H3,(H,21,25)(H,22,23)/b9-8-,12-3+. The maximum atomic E-state index is 12.4. The lowest BCUT2D eigenvalue weighted by molar-refractivity contribution is 0.0911. The highest BCUT2D eigenvalue weighted by atomic mass is 35.5. The van der Waals surface area contributed by atoms with Crippen LogP contribution in [-0.4, -0.2) is 34.5 Å². The van der Waals surface area contributed by atoms with E-state index in [-0.39, 0.29) is 12.3 Å². The topological polar surface area (TPSA) is 90.4 Å². The van der Waals surface area contributed by atoms with Gasteiger partial charge in [0.05, 0.1) is 18.3 Å². The average Bonchev–Trinajstić information content (AvgIpc) is 3.11. The number of hydrogen-bond acceptors (Lipinski definition) is 4. The van der Waals surface area contributed by atoms with Crippen LogP contribution >= 0.6 is 11.6 Å². The molecule has 0 saturated carbocycles. The lowest BCUT2D eigenvalue weighted by Crippen LogP contribution is -2.31. The van der Waals surface area contributed by atoms with E-state index in [0.717, 1.165) is 11.1 Å². The number of amides is 1. The number of nitrogens with zero attached hydrogens (tertiary/aromatic N) is 2. The van der Waals surface area contributed by atoms with Gasteiger partial charge in [-0.25, -0.2) is 0 Å². The summed E-state index contributed by atoms with van der Waals surface area (Å²) in [6.07, 6.45) is 5.17. The number of halogens is 1. The van der Waals surface area contributed by atoms with Crippen LogP contribution in [0.15, 0.2) is 53.7 Å². The third-order valence-electron chi connectivity index (χ3n) is 3.55. The van der Waals surface area contributed by atoms with Gasteiger partial charge in [-0.05, 0) is 49.1 Å². The summed E-state index contributed by atoms with van der Waals surface area (Å²) < 4.78 is 0. The van der Waals surface area contributed by atoms with E-state index >= 15 is 0 Å². The fraction of sp³-hybridized carbons (Fsp3) is 0.167. The first-order valence-corrected chi connectivity index (χ1v) is 7.98. The highest BCUT2D eigenvalue weighted by Gasteiger charge is 2.17. The van der Waals surface area contributed by atoms with Crippen molar-refractivity contribution in [3.8, 4) is 0 Å². The molecule has 1 amide bonds. The average molecular weight is 359 g/mol. The first-order chi connectivity index (χ1) is 12.1. The van der Waals surface area contributed by atoms with Gasteiger partial charge in [0.1, 0.15) is 0 Å². The number of benzene rings is 1. The Morgan fingerprint density at radius 3 is 2.80 bits per heavy atom. The minimum absolute atomic E-state index is 0.224. The minimum Gasteiger partial charge on any atom is -0.394 e. The normalized spacial score (nSPS) is 13.0. The molecule has 2 rings (SSSR count). The Morgan fingerprint density at radius 2 is 2.20 bits per heavy atom. The van der Waals surface area contributed by atoms with Crippen molar-refractivity contribution in [3.05, 3.63) is 70.7 Å². The van der Waals surface area contributed by atoms with E-state index in [9.17, 15) is 9.90 Å². The number of aromatic amines is 1. The van der Waals surface area contributed by atoms with Crippen molar-refractivity contribution in [2.45, 2.75) is 13.0 Å². The van der Waals surface area contributed by atoms with Gasteiger partial charge in [-0.2, -0.15) is 5.10 Å². The summed E-state index contributed by atoms with van der Waals surface area (Å²) >= 11 is 5.86. The maximum Gasteiger partial charge on any atom is 0.272 e. The van der Waals surface area contributed by atoms with Gasteiger partial charge in [0.2, 0.25) is 0 Å². The largest absolute Gasteiger partial charge is 0.394 e. The van der Waals surface area contributed by atoms with Crippen LogP contribution in [0, 0.1) is 0 Å². The molecule has 7 heteroatoms. The molecule has 1 aromatic carbocycles. The summed E-state index contributed by atoms with van der Waals surface area (Å²) in [5, 5.41) is 19.7. The van der Waals surface area contributed by atoms with Crippen molar-refractivity contribution in [2.75, 3.05) is 6.61 Å². The van der Waals surface area contributed by atoms with E-state index in [2.05, 4.69) is 27.2 Å². The molecule has 0 radical (unpaired) electrons. The highest BCUT2D eigenvalue weighted by Crippen LogP contribution is 2.18. The van der Waals surface area contributed by atoms with Crippen LogP contribution in [0.4, 0.5) is 0 Å². The van der Waals surface area contributed by atoms with Gasteiger partial charge in [0, 0.05) is 11.2 Å². The summed E-state index contributed by atoms with van der Waals surface area (Å²) in [5.74, 6) is -0.391. The van der Waals surface area contributed by atoms with Crippen LogP contribution in [-0.2, 0) is 0 Å². The van der Waals surface area contributed by atoms with Crippen molar-refractivity contribution in [1.29, 1.82) is 0 Å². The third-order valence-corrected chi connectivity index (χ3v) is 3.80. The third kappa shape index (κ3) is 4.89. The second-order valence-electron chi connectivity index (χ2n) is 5.17. The van der Waals surface area contributed by atoms with Crippen molar-refractivity contribution in [1.82, 2.24) is 15.5 Å². The molecule has 25 heavy (non-hydrogen) atoms. The Balaban J connectivity index is 2.13. The predicted octanol–water partition coefficient (Wildman–Crippen LogP) is 3.14. The number of carbonyl (C=O) groups is 1. The van der Waals surface area contributed by atoms with Crippen LogP contribution in [0.25, 0.3) is 5.57 Å². The van der Waals surface area contributed by atoms with Gasteiger partial charge in [0.15, 0.2) is 5.69 Å². The number of carbonyl (C=O) groups excluding carboxylic acids is 1. The zero-order valence-corrected chi connectivity index (χ0v) is 14.5. The lowest BCUT2D eigenvalue weighted by atomic mass is 10.1. The number of allylic oxidation sites excluding steroid dienone is 3. The number of aromatic nitrogens is 2. The fourth-order valence-electron chi connectivity index (χ4n) is 2.22. The Bertz CT molecular complexity index is 794. The molecule has 0 bridgehead atoms. The molecule has 1 atom stereocenters. The molecule has 0 spiro atoms. The summed E-state index contributed by atoms with van der Waals surface area (Å²) in [6.45, 7) is 5.01. The van der Waals surface area contributed by atoms with E-state index in [0.29, 0.717) is 10.7 Å². The van der Waals surface area contributed by atoms with E-state index < -0.39 is 11.9 Å². The molecule has 1 heterocycles. The van der Waals surface area contributed by atoms with Crippen molar-refractivity contribution in [3.63, 3.8) is 0 Å². The first-order valence-electron chi connectivity index (χ1n) is 7.60. The van der Waals surface area contributed by atoms with Crippen LogP contribution in [0.2, 0.25) is 5.02 Å². The van der Waals surface area contributed by atoms with Crippen LogP contribution in [0.5, 0.6) is 0 Å². The van der Waals surface area contributed by atoms with Gasteiger partial charge >= 0.3 is 0 Å². The SMILES string of the molecule is C=N/C=C\C(=C/C)c1cc(C(=O)NC(CO)c2ccc(Cl)cc2)n[nH]1. The molecule has 1 unspecified atom stereocenters. The summed E-state index contributed by atoms with van der Waals surface area (Å²) in [7, 11) is 0. The van der Waals surface area contributed by atoms with Crippen molar-refractivity contribution >= 4 is 29.8 Å². The molecular weight excluding hydrogens is 340 g/mol. The smallest absolute Gasteiger partial charge is 0.272 e. The molecule has 130 valence electrons. The lowest BCUT2D eigenvalue weighted by Gasteiger charge is -2.16. The fourth-order valence-corrected chi connectivity index (χ4v) is 2.35. The molecule has 1 aromatic heterocycles. The van der Waals surface area contributed by atoms with Gasteiger partial charge in [-0.15, -0.1) is 0 Å². The maximum absolute atomic E-state index is 12.4. The van der Waals surface area contributed by atoms with Gasteiger partial charge in [-0.3, -0.25) is 14.9 Å². The summed E-state index contributed by atoms with van der Waals surface area (Å²) in [4.78, 5) is 16.1. The second-order valence-corrected chi connectivity index (χ2v) is 5.61. The van der Waals surface area contributed by atoms with Crippen LogP contribution < -0.4 is 5.32 Å². The van der Waals surface area contributed by atoms with Crippen LogP contribution in [0.1, 0.15) is 34.7 Å². The Labute approximate surface area is 150 Å². The molecule has 6 nitrogen and oxygen atoms in total. The zero-order valence-electron chi connectivity index (χ0n) is 13.7. The number of hydrogen-bond donors (Lipinski definition) is 3. The van der Waals surface area contributed by atoms with Gasteiger partial charge in [-0.1, -0.05) is 29.8 Å². The van der Waals surface area contributed by atoms with Gasteiger partial charge in [0.25, 0.3) is 5.91 Å². The van der Waals surface area contributed by atoms with Crippen LogP contribution in [0.3, 0.4) is 0 Å². The van der Waals surface area contributed by atoms with E-state index in [4.69, 9.17) is 11.6 Å². The molecule has 0 fully saturated rings. The van der Waals surface area contributed by atoms with E-state index in [1.165, 1.54) is 0 Å². The molecule has 0 aliphatic carbocycles. The Hall–Kier alpha value is -2.70.